The van der Waals surface area contributed by atoms with Crippen LogP contribution in [0, 0.1) is 0 Å². The van der Waals surface area contributed by atoms with E-state index in [0.717, 1.165) is 0 Å². The molecule has 0 aromatic rings. The third kappa shape index (κ3) is 870000. The Bertz CT molecular complexity index is 347. The molecule has 16 heavy (non-hydrogen) atoms. The van der Waals surface area contributed by atoms with E-state index in [4.69, 9.17) is 38.9 Å². The number of halogens is 3. The largest absolute Gasteiger partial charge is 3.00 e. The van der Waals surface area contributed by atoms with Crippen LogP contribution in [0.1, 0.15) is 0 Å². The van der Waals surface area contributed by atoms with Crippen molar-refractivity contribution in [2.45, 2.75) is 0 Å². The second-order valence-electron chi connectivity index (χ2n) is 1.18. The van der Waals surface area contributed by atoms with Crippen molar-refractivity contribution in [2.75, 3.05) is 0 Å². The van der Waals surface area contributed by atoms with E-state index in [1.165, 1.54) is 0 Å². The molecule has 0 aliphatic rings. The first-order chi connectivity index (χ1) is 6.00. The summed E-state index contributed by atoms with van der Waals surface area (Å²) in [4.78, 5) is 0. The molecule has 9 nitrogen and oxygen atoms in total. The minimum absolute atomic E-state index is 0. The molecule has 0 N–H and O–H groups in total. The van der Waals surface area contributed by atoms with Crippen molar-refractivity contribution in [2.24, 2.45) is 0 Å². The van der Waals surface area contributed by atoms with Crippen LogP contribution in [0.25, 0.3) is 0 Å². The molecule has 0 spiro atoms. The van der Waals surface area contributed by atoms with Crippen molar-refractivity contribution in [3.05, 3.63) is 0 Å². The van der Waals surface area contributed by atoms with E-state index in [1.54, 1.807) is 0 Å². The minimum Gasteiger partial charge on any atom is -0.722 e. The summed E-state index contributed by atoms with van der Waals surface area (Å²) in [5, 5.41) is 0. The predicted octanol–water partition coefficient (Wildman–Crippen LogP) is -2.13. The molecular formula is AlF3O9S3. The summed E-state index contributed by atoms with van der Waals surface area (Å²) in [6, 6.07) is 0. The Morgan fingerprint density at radius 2 is 0.562 bits per heavy atom. The van der Waals surface area contributed by atoms with Crippen LogP contribution in [0.3, 0.4) is 0 Å². The molecule has 0 aliphatic heterocycles. The smallest absolute Gasteiger partial charge is 0.722 e. The van der Waals surface area contributed by atoms with Crippen molar-refractivity contribution in [1.82, 2.24) is 0 Å². The molecular weight excluding hydrogens is 324 g/mol. The fourth-order valence-electron chi connectivity index (χ4n) is 0. The topological polar surface area (TPSA) is 172 Å². The second kappa shape index (κ2) is 9.12. The van der Waals surface area contributed by atoms with Gasteiger partial charge in [0.2, 0.25) is 0 Å². The monoisotopic (exact) mass is 324 g/mol. The van der Waals surface area contributed by atoms with Gasteiger partial charge < -0.3 is 13.7 Å². The predicted molar refractivity (Wildman–Crippen MR) is 38.2 cm³/mol. The van der Waals surface area contributed by atoms with Gasteiger partial charge in [-0.3, -0.25) is 0 Å². The average Bonchev–Trinajstić information content (AvgIpc) is 1.41. The first kappa shape index (κ1) is 25.0. The van der Waals surface area contributed by atoms with Gasteiger partial charge in [-0.15, -0.1) is 11.7 Å². The number of rotatable bonds is 0. The number of hydrogen-bond donors (Lipinski definition) is 0. The molecule has 0 rings (SSSR count). The molecule has 0 aromatic heterocycles. The van der Waals surface area contributed by atoms with Gasteiger partial charge in [0.1, 0.15) is 0 Å². The summed E-state index contributed by atoms with van der Waals surface area (Å²) in [6.45, 7) is 0. The van der Waals surface area contributed by atoms with Crippen molar-refractivity contribution in [1.29, 1.82) is 0 Å². The molecule has 0 saturated carbocycles. The summed E-state index contributed by atoms with van der Waals surface area (Å²) in [5.74, 6) is 0. The molecule has 0 saturated heterocycles. The second-order valence-corrected chi connectivity index (χ2v) is 3.54. The van der Waals surface area contributed by atoms with Crippen LogP contribution in [0.4, 0.5) is 11.7 Å². The Balaban J connectivity index is -0.0000000655. The standard InChI is InChI=1S/Al.3FHO3S/c;3*1-5(2,3)4/h;3*(H,2,3,4)/q+3;;;/p-3. The van der Waals surface area contributed by atoms with Crippen LogP contribution in [0.15, 0.2) is 0 Å². The molecule has 0 bridgehead atoms. The van der Waals surface area contributed by atoms with Gasteiger partial charge in [0.05, 0.1) is 0 Å². The quantitative estimate of drug-likeness (QED) is 0.274. The van der Waals surface area contributed by atoms with E-state index in [1.807, 2.05) is 0 Å². The SMILES string of the molecule is O=S(=O)([O-])F.O=S(=O)([O-])F.O=S(=O)([O-])F.[Al+3]. The van der Waals surface area contributed by atoms with Gasteiger partial charge in [-0.25, -0.2) is 25.3 Å². The Hall–Kier alpha value is 0.0525. The third-order valence-electron chi connectivity index (χ3n) is 0. The molecule has 0 heterocycles. The van der Waals surface area contributed by atoms with E-state index in [0.29, 0.717) is 0 Å². The van der Waals surface area contributed by atoms with Crippen molar-refractivity contribution >= 4 is 48.9 Å². The molecule has 16 heteroatoms. The van der Waals surface area contributed by atoms with Crippen molar-refractivity contribution in [3.8, 4) is 0 Å². The summed E-state index contributed by atoms with van der Waals surface area (Å²) in [6.07, 6.45) is 0. The first-order valence-electron chi connectivity index (χ1n) is 1.96. The zero-order valence-corrected chi connectivity index (χ0v) is 10.2. The Morgan fingerprint density at radius 1 is 0.562 bits per heavy atom. The van der Waals surface area contributed by atoms with Gasteiger partial charge in [0.25, 0.3) is 31.5 Å². The van der Waals surface area contributed by atoms with Gasteiger partial charge >= 0.3 is 17.4 Å². The van der Waals surface area contributed by atoms with Crippen molar-refractivity contribution in [3.63, 3.8) is 0 Å². The summed E-state index contributed by atoms with van der Waals surface area (Å²) in [7, 11) is -16.2. The van der Waals surface area contributed by atoms with Crippen LogP contribution in [-0.4, -0.2) is 56.3 Å². The molecule has 0 aromatic carbocycles. The van der Waals surface area contributed by atoms with Crippen LogP contribution >= 0.6 is 0 Å². The first-order valence-corrected chi connectivity index (χ1v) is 5.89. The van der Waals surface area contributed by atoms with E-state index < -0.39 is 31.5 Å². The van der Waals surface area contributed by atoms with Gasteiger partial charge in [-0.05, 0) is 0 Å². The van der Waals surface area contributed by atoms with Crippen molar-refractivity contribution < 1.29 is 50.6 Å². The molecule has 0 amide bonds. The maximum absolute atomic E-state index is 10.1. The molecule has 0 unspecified atom stereocenters. The molecule has 0 atom stereocenters. The fraction of sp³-hybridized carbons (Fsp3) is 0. The number of hydrogen-bond acceptors (Lipinski definition) is 9. The maximum atomic E-state index is 10.1. The van der Waals surface area contributed by atoms with Gasteiger partial charge in [-0.1, -0.05) is 0 Å². The van der Waals surface area contributed by atoms with Crippen LogP contribution < -0.4 is 0 Å². The zero-order valence-electron chi connectivity index (χ0n) is 6.61. The van der Waals surface area contributed by atoms with E-state index in [-0.39, 0.29) is 17.4 Å². The minimum atomic E-state index is -5.42. The normalized spacial score (nSPS) is 10.9. The summed E-state index contributed by atoms with van der Waals surface area (Å²) < 4.78 is 106. The van der Waals surface area contributed by atoms with E-state index in [9.17, 15) is 11.7 Å². The Kier molecular flexibility index (Phi) is 14.3. The average molecular weight is 324 g/mol. The maximum Gasteiger partial charge on any atom is 3.00 e. The zero-order chi connectivity index (χ0) is 13.5. The van der Waals surface area contributed by atoms with E-state index >= 15 is 0 Å². The van der Waals surface area contributed by atoms with Crippen LogP contribution in [0.5, 0.6) is 0 Å². The van der Waals surface area contributed by atoms with Gasteiger partial charge in [-0.2, -0.15) is 0 Å². The van der Waals surface area contributed by atoms with Crippen LogP contribution in [-0.2, 0) is 31.5 Å². The summed E-state index contributed by atoms with van der Waals surface area (Å²) in [5.41, 5.74) is 0. The van der Waals surface area contributed by atoms with E-state index in [2.05, 4.69) is 0 Å². The summed E-state index contributed by atoms with van der Waals surface area (Å²) >= 11 is 0. The Labute approximate surface area is 99.5 Å². The van der Waals surface area contributed by atoms with Crippen LogP contribution in [0.2, 0.25) is 0 Å². The molecule has 0 radical (unpaired) electrons. The molecule has 96 valence electrons. The van der Waals surface area contributed by atoms with Gasteiger partial charge in [0, 0.05) is 0 Å². The Morgan fingerprint density at radius 3 is 0.562 bits per heavy atom. The molecule has 0 fully saturated rings. The fourth-order valence-corrected chi connectivity index (χ4v) is 0. The molecule has 0 aliphatic carbocycles. The van der Waals surface area contributed by atoms with Gasteiger partial charge in [0.15, 0.2) is 0 Å². The third-order valence-corrected chi connectivity index (χ3v) is 0.